The quantitative estimate of drug-likeness (QED) is 0.855. The maximum Gasteiger partial charge on any atom is 0.0192 e. The molecule has 0 amide bonds. The minimum atomic E-state index is 0.236. The maximum atomic E-state index is 3.64. The third kappa shape index (κ3) is 5.01. The minimum absolute atomic E-state index is 0.236. The Morgan fingerprint density at radius 1 is 1.00 bits per heavy atom. The Balaban J connectivity index is 1.70. The summed E-state index contributed by atoms with van der Waals surface area (Å²) in [5.74, 6) is 0. The van der Waals surface area contributed by atoms with Crippen LogP contribution < -0.4 is 5.32 Å². The van der Waals surface area contributed by atoms with Gasteiger partial charge in [-0.25, -0.2) is 0 Å². The van der Waals surface area contributed by atoms with Gasteiger partial charge in [0.15, 0.2) is 0 Å². The van der Waals surface area contributed by atoms with Gasteiger partial charge in [0.25, 0.3) is 0 Å². The van der Waals surface area contributed by atoms with Crippen molar-refractivity contribution < 1.29 is 0 Å². The van der Waals surface area contributed by atoms with Crippen molar-refractivity contribution in [2.75, 3.05) is 32.7 Å². The number of nitrogens with zero attached hydrogens (tertiary/aromatic N) is 2. The van der Waals surface area contributed by atoms with E-state index in [0.717, 1.165) is 12.6 Å². The third-order valence-corrected chi connectivity index (χ3v) is 4.96. The molecular weight excluding hydrogens is 246 g/mol. The molecule has 0 spiro atoms. The van der Waals surface area contributed by atoms with E-state index in [4.69, 9.17) is 0 Å². The first-order chi connectivity index (χ1) is 9.46. The average Bonchev–Trinajstić information content (AvgIpc) is 2.45. The van der Waals surface area contributed by atoms with Crippen molar-refractivity contribution in [3.05, 3.63) is 0 Å². The van der Waals surface area contributed by atoms with Crippen molar-refractivity contribution in [3.8, 4) is 0 Å². The molecule has 0 aliphatic carbocycles. The Hall–Kier alpha value is -0.120. The second-order valence-electron chi connectivity index (χ2n) is 7.84. The molecular formula is C17H35N3. The lowest BCUT2D eigenvalue weighted by molar-refractivity contribution is 0.0743. The SMILES string of the molecule is CC(CNC(C)(C)C)N1CCC(N2CCCCC2)CC1. The number of nitrogens with one attached hydrogen (secondary N) is 1. The van der Waals surface area contributed by atoms with Gasteiger partial charge < -0.3 is 10.2 Å². The van der Waals surface area contributed by atoms with Gasteiger partial charge in [-0.1, -0.05) is 6.42 Å². The molecule has 20 heavy (non-hydrogen) atoms. The number of piperidine rings is 2. The second-order valence-corrected chi connectivity index (χ2v) is 7.84. The number of rotatable bonds is 4. The molecule has 1 N–H and O–H groups in total. The lowest BCUT2D eigenvalue weighted by atomic mass is 9.99. The summed E-state index contributed by atoms with van der Waals surface area (Å²) in [5, 5.41) is 3.64. The molecule has 0 aromatic carbocycles. The smallest absolute Gasteiger partial charge is 0.0192 e. The highest BCUT2D eigenvalue weighted by Crippen LogP contribution is 2.21. The van der Waals surface area contributed by atoms with E-state index in [1.165, 1.54) is 58.3 Å². The van der Waals surface area contributed by atoms with Gasteiger partial charge in [0.1, 0.15) is 0 Å². The monoisotopic (exact) mass is 281 g/mol. The summed E-state index contributed by atoms with van der Waals surface area (Å²) in [6, 6.07) is 1.53. The summed E-state index contributed by atoms with van der Waals surface area (Å²) in [6.45, 7) is 15.5. The molecule has 3 heteroatoms. The van der Waals surface area contributed by atoms with Crippen molar-refractivity contribution in [3.63, 3.8) is 0 Å². The van der Waals surface area contributed by atoms with E-state index >= 15 is 0 Å². The first-order valence-corrected chi connectivity index (χ1v) is 8.69. The predicted molar refractivity (Wildman–Crippen MR) is 87.2 cm³/mol. The molecule has 2 rings (SSSR count). The minimum Gasteiger partial charge on any atom is -0.311 e. The Morgan fingerprint density at radius 2 is 1.60 bits per heavy atom. The van der Waals surface area contributed by atoms with Crippen molar-refractivity contribution in [1.29, 1.82) is 0 Å². The van der Waals surface area contributed by atoms with Crippen molar-refractivity contribution in [1.82, 2.24) is 15.1 Å². The van der Waals surface area contributed by atoms with Gasteiger partial charge in [0.2, 0.25) is 0 Å². The van der Waals surface area contributed by atoms with Gasteiger partial charge >= 0.3 is 0 Å². The number of hydrogen-bond acceptors (Lipinski definition) is 3. The van der Waals surface area contributed by atoms with Crippen molar-refractivity contribution >= 4 is 0 Å². The Kier molecular flexibility index (Phi) is 5.88. The van der Waals surface area contributed by atoms with E-state index in [1.54, 1.807) is 0 Å². The zero-order valence-corrected chi connectivity index (χ0v) is 14.1. The normalized spacial score (nSPS) is 25.8. The van der Waals surface area contributed by atoms with Crippen LogP contribution in [0.25, 0.3) is 0 Å². The van der Waals surface area contributed by atoms with E-state index in [2.05, 4.69) is 42.8 Å². The molecule has 2 aliphatic rings. The highest BCUT2D eigenvalue weighted by Gasteiger charge is 2.27. The topological polar surface area (TPSA) is 18.5 Å². The maximum absolute atomic E-state index is 3.64. The van der Waals surface area contributed by atoms with Gasteiger partial charge in [-0.2, -0.15) is 0 Å². The van der Waals surface area contributed by atoms with Crippen molar-refractivity contribution in [2.45, 2.75) is 77.4 Å². The third-order valence-electron chi connectivity index (χ3n) is 4.96. The van der Waals surface area contributed by atoms with Crippen molar-refractivity contribution in [2.24, 2.45) is 0 Å². The molecule has 2 heterocycles. The Labute approximate surface area is 126 Å². The van der Waals surface area contributed by atoms with Crippen LogP contribution in [0.4, 0.5) is 0 Å². The van der Waals surface area contributed by atoms with Gasteiger partial charge in [-0.05, 0) is 79.6 Å². The summed E-state index contributed by atoms with van der Waals surface area (Å²) in [6.07, 6.45) is 7.04. The largest absolute Gasteiger partial charge is 0.311 e. The van der Waals surface area contributed by atoms with Gasteiger partial charge in [-0.3, -0.25) is 4.90 Å². The van der Waals surface area contributed by atoms with Crippen LogP contribution in [0.2, 0.25) is 0 Å². The van der Waals surface area contributed by atoms with Crippen LogP contribution in [0, 0.1) is 0 Å². The van der Waals surface area contributed by atoms with E-state index in [-0.39, 0.29) is 5.54 Å². The summed E-state index contributed by atoms with van der Waals surface area (Å²) in [5.41, 5.74) is 0.236. The molecule has 0 bridgehead atoms. The van der Waals surface area contributed by atoms with Crippen LogP contribution in [0.15, 0.2) is 0 Å². The second kappa shape index (κ2) is 7.24. The van der Waals surface area contributed by atoms with Crippen LogP contribution in [0.1, 0.15) is 59.8 Å². The van der Waals surface area contributed by atoms with E-state index < -0.39 is 0 Å². The van der Waals surface area contributed by atoms with Crippen LogP contribution in [0.3, 0.4) is 0 Å². The zero-order chi connectivity index (χ0) is 14.6. The molecule has 2 saturated heterocycles. The Bertz CT molecular complexity index is 270. The van der Waals surface area contributed by atoms with Crippen LogP contribution in [-0.2, 0) is 0 Å². The van der Waals surface area contributed by atoms with Crippen LogP contribution >= 0.6 is 0 Å². The molecule has 118 valence electrons. The zero-order valence-electron chi connectivity index (χ0n) is 14.1. The van der Waals surface area contributed by atoms with E-state index in [1.807, 2.05) is 0 Å². The molecule has 1 atom stereocenters. The van der Waals surface area contributed by atoms with Crippen LogP contribution in [-0.4, -0.2) is 60.1 Å². The molecule has 0 radical (unpaired) electrons. The fraction of sp³-hybridized carbons (Fsp3) is 1.00. The molecule has 0 aromatic heterocycles. The molecule has 0 aromatic rings. The molecule has 2 fully saturated rings. The summed E-state index contributed by atoms with van der Waals surface area (Å²) in [7, 11) is 0. The van der Waals surface area contributed by atoms with E-state index in [9.17, 15) is 0 Å². The van der Waals surface area contributed by atoms with Gasteiger partial charge in [0, 0.05) is 24.2 Å². The predicted octanol–water partition coefficient (Wildman–Crippen LogP) is 2.71. The lowest BCUT2D eigenvalue weighted by Gasteiger charge is -2.42. The lowest BCUT2D eigenvalue weighted by Crippen LogP contribution is -2.52. The summed E-state index contributed by atoms with van der Waals surface area (Å²) < 4.78 is 0. The average molecular weight is 281 g/mol. The highest BCUT2D eigenvalue weighted by molar-refractivity contribution is 4.84. The standard InChI is InChI=1S/C17H35N3/c1-15(14-18-17(2,3)4)19-12-8-16(9-13-19)20-10-6-5-7-11-20/h15-16,18H,5-14H2,1-4H3. The van der Waals surface area contributed by atoms with Gasteiger partial charge in [0.05, 0.1) is 0 Å². The van der Waals surface area contributed by atoms with Crippen LogP contribution in [0.5, 0.6) is 0 Å². The van der Waals surface area contributed by atoms with E-state index in [0.29, 0.717) is 6.04 Å². The number of likely N-dealkylation sites (tertiary alicyclic amines) is 2. The molecule has 2 aliphatic heterocycles. The van der Waals surface area contributed by atoms with Gasteiger partial charge in [-0.15, -0.1) is 0 Å². The summed E-state index contributed by atoms with van der Waals surface area (Å²) >= 11 is 0. The molecule has 0 saturated carbocycles. The Morgan fingerprint density at radius 3 is 2.15 bits per heavy atom. The summed E-state index contributed by atoms with van der Waals surface area (Å²) in [4.78, 5) is 5.44. The number of hydrogen-bond donors (Lipinski definition) is 1. The molecule has 1 unspecified atom stereocenters. The fourth-order valence-electron chi connectivity index (χ4n) is 3.56. The fourth-order valence-corrected chi connectivity index (χ4v) is 3.56. The first kappa shape index (κ1) is 16.3. The first-order valence-electron chi connectivity index (χ1n) is 8.69. The highest BCUT2D eigenvalue weighted by atomic mass is 15.2. The molecule has 3 nitrogen and oxygen atoms in total.